The fraction of sp³-hybridized carbons (Fsp3) is 0.619. The van der Waals surface area contributed by atoms with Gasteiger partial charge in [0.15, 0.2) is 0 Å². The Hall–Kier alpha value is -3.64. The molecular weight excluding hydrogens is 674 g/mol. The molecule has 0 saturated carbocycles. The highest BCUT2D eigenvalue weighted by Crippen LogP contribution is 2.38. The molecule has 0 bridgehead atoms. The van der Waals surface area contributed by atoms with Gasteiger partial charge in [-0.25, -0.2) is 4.79 Å². The van der Waals surface area contributed by atoms with Gasteiger partial charge in [-0.3, -0.25) is 4.79 Å². The maximum Gasteiger partial charge on any atom is 0.410 e. The minimum atomic E-state index is -0.653. The number of carbonyl (C=O) groups excluding carboxylic acids is 2. The number of anilines is 1. The molecule has 2 fully saturated rings. The first-order chi connectivity index (χ1) is 25.5. The third-order valence-corrected chi connectivity index (χ3v) is 9.91. The van der Waals surface area contributed by atoms with Gasteiger partial charge in [0.2, 0.25) is 5.91 Å². The fourth-order valence-corrected chi connectivity index (χ4v) is 7.33. The van der Waals surface area contributed by atoms with Crippen LogP contribution in [0.3, 0.4) is 0 Å². The number of ether oxygens (including phenoxy) is 6. The van der Waals surface area contributed by atoms with E-state index in [4.69, 9.17) is 28.4 Å². The van der Waals surface area contributed by atoms with Crippen LogP contribution in [-0.2, 0) is 41.7 Å². The van der Waals surface area contributed by atoms with Gasteiger partial charge in [-0.1, -0.05) is 36.4 Å². The second-order valence-corrected chi connectivity index (χ2v) is 15.3. The molecule has 0 N–H and O–H groups in total. The average molecular weight is 736 g/mol. The van der Waals surface area contributed by atoms with Crippen molar-refractivity contribution in [1.82, 2.24) is 9.80 Å². The van der Waals surface area contributed by atoms with Crippen LogP contribution in [0.4, 0.5) is 10.5 Å². The lowest BCUT2D eigenvalue weighted by Gasteiger charge is -2.43. The van der Waals surface area contributed by atoms with Gasteiger partial charge in [0.1, 0.15) is 18.0 Å². The summed E-state index contributed by atoms with van der Waals surface area (Å²) < 4.78 is 35.6. The molecule has 4 atom stereocenters. The number of benzene rings is 2. The number of hydrogen-bond donors (Lipinski definition) is 0. The van der Waals surface area contributed by atoms with E-state index >= 15 is 0 Å². The molecule has 0 aliphatic carbocycles. The zero-order chi connectivity index (χ0) is 37.8. The molecule has 3 aliphatic heterocycles. The van der Waals surface area contributed by atoms with Crippen molar-refractivity contribution >= 4 is 17.7 Å². The summed E-state index contributed by atoms with van der Waals surface area (Å²) in [6.45, 7) is 16.9. The van der Waals surface area contributed by atoms with Gasteiger partial charge in [-0.2, -0.15) is 0 Å². The molecule has 0 unspecified atom stereocenters. The van der Waals surface area contributed by atoms with Gasteiger partial charge in [-0.05, 0) is 88.8 Å². The Morgan fingerprint density at radius 3 is 2.45 bits per heavy atom. The predicted molar refractivity (Wildman–Crippen MR) is 205 cm³/mol. The predicted octanol–water partition coefficient (Wildman–Crippen LogP) is 6.58. The molecule has 5 rings (SSSR count). The Kier molecular flexibility index (Phi) is 15.0. The number of fused-ring (bicyclic) bond motifs is 1. The van der Waals surface area contributed by atoms with Crippen LogP contribution in [-0.4, -0.2) is 112 Å². The van der Waals surface area contributed by atoms with E-state index in [1.807, 2.05) is 57.7 Å². The number of nitrogens with zero attached hydrogens (tertiary/aromatic N) is 3. The van der Waals surface area contributed by atoms with E-state index in [1.54, 1.807) is 18.1 Å². The summed E-state index contributed by atoms with van der Waals surface area (Å²) in [5, 5.41) is 0. The molecule has 292 valence electrons. The van der Waals surface area contributed by atoms with Crippen molar-refractivity contribution in [2.45, 2.75) is 90.8 Å². The second kappa shape index (κ2) is 19.6. The highest BCUT2D eigenvalue weighted by atomic mass is 16.6. The average Bonchev–Trinajstić information content (AvgIpc) is 3.68. The molecule has 11 heteroatoms. The van der Waals surface area contributed by atoms with E-state index in [9.17, 15) is 9.59 Å². The number of hydrogen-bond acceptors (Lipinski definition) is 9. The number of carbonyl (C=O) groups is 2. The number of rotatable bonds is 16. The van der Waals surface area contributed by atoms with E-state index in [0.717, 1.165) is 73.6 Å². The van der Waals surface area contributed by atoms with Crippen LogP contribution in [0.5, 0.6) is 5.75 Å². The first-order valence-corrected chi connectivity index (χ1v) is 19.4. The normalized spacial score (nSPS) is 21.1. The summed E-state index contributed by atoms with van der Waals surface area (Å²) in [4.78, 5) is 32.8. The Morgan fingerprint density at radius 1 is 0.981 bits per heavy atom. The number of amides is 2. The first-order valence-electron chi connectivity index (χ1n) is 19.4. The molecule has 2 amide bonds. The highest BCUT2D eigenvalue weighted by Gasteiger charge is 2.41. The lowest BCUT2D eigenvalue weighted by atomic mass is 9.78. The van der Waals surface area contributed by atoms with Crippen LogP contribution < -0.4 is 9.64 Å². The van der Waals surface area contributed by atoms with E-state index in [1.165, 1.54) is 0 Å². The molecule has 2 aromatic rings. The Balaban J connectivity index is 1.41. The topological polar surface area (TPSA) is 99.2 Å². The number of likely N-dealkylation sites (tertiary alicyclic amines) is 2. The summed E-state index contributed by atoms with van der Waals surface area (Å²) >= 11 is 0. The standard InChI is InChI=1S/C42H61N3O8/c1-7-50-31(2)28-49-29-32-11-14-34(15-12-32)40-35(16-18-39(46)44-19-8-9-20-44)26-45(41(47)53-42(3,4)5)27-38(40)52-30-33-13-17-37-36(25-33)43(22-24-51-37)21-10-23-48-6/h11-18,25,31,35,38,40H,7-10,19-24,26-30H2,1-6H3/b18-16+/t31-,35-,38+,40+/m1/s1. The van der Waals surface area contributed by atoms with Crippen LogP contribution in [0.2, 0.25) is 0 Å². The summed E-state index contributed by atoms with van der Waals surface area (Å²) in [6, 6.07) is 14.7. The monoisotopic (exact) mass is 735 g/mol. The van der Waals surface area contributed by atoms with Gasteiger partial charge >= 0.3 is 6.09 Å². The van der Waals surface area contributed by atoms with E-state index in [2.05, 4.69) is 35.2 Å². The zero-order valence-electron chi connectivity index (χ0n) is 32.7. The van der Waals surface area contributed by atoms with Crippen LogP contribution in [0.25, 0.3) is 0 Å². The van der Waals surface area contributed by atoms with Crippen molar-refractivity contribution in [2.75, 3.05) is 77.7 Å². The van der Waals surface area contributed by atoms with Gasteiger partial charge < -0.3 is 43.1 Å². The van der Waals surface area contributed by atoms with E-state index in [0.29, 0.717) is 52.7 Å². The SMILES string of the molecule is CCO[C@H](C)COCc1ccc([C@H]2[C@H](/C=C/C(=O)N3CCCC3)CN(C(=O)OC(C)(C)C)C[C@@H]2OCc2ccc3c(c2)N(CCCOC)CCO3)cc1. The first kappa shape index (κ1) is 40.5. The summed E-state index contributed by atoms with van der Waals surface area (Å²) in [6.07, 6.45) is 5.91. The largest absolute Gasteiger partial charge is 0.490 e. The maximum absolute atomic E-state index is 13.6. The van der Waals surface area contributed by atoms with Crippen molar-refractivity contribution in [3.63, 3.8) is 0 Å². The number of methoxy groups -OCH3 is 1. The van der Waals surface area contributed by atoms with Crippen molar-refractivity contribution < 1.29 is 38.0 Å². The molecule has 3 heterocycles. The maximum atomic E-state index is 13.6. The minimum Gasteiger partial charge on any atom is -0.490 e. The lowest BCUT2D eigenvalue weighted by Crippen LogP contribution is -2.52. The smallest absolute Gasteiger partial charge is 0.410 e. The highest BCUT2D eigenvalue weighted by molar-refractivity contribution is 5.87. The Morgan fingerprint density at radius 2 is 1.74 bits per heavy atom. The minimum absolute atomic E-state index is 0.00761. The summed E-state index contributed by atoms with van der Waals surface area (Å²) in [7, 11) is 1.73. The van der Waals surface area contributed by atoms with Crippen molar-refractivity contribution in [2.24, 2.45) is 5.92 Å². The van der Waals surface area contributed by atoms with Crippen LogP contribution >= 0.6 is 0 Å². The lowest BCUT2D eigenvalue weighted by molar-refractivity contribution is -0.125. The molecule has 3 aliphatic rings. The van der Waals surface area contributed by atoms with Gasteiger partial charge in [0, 0.05) is 58.3 Å². The van der Waals surface area contributed by atoms with Gasteiger partial charge in [0.25, 0.3) is 0 Å². The molecule has 0 spiro atoms. The Bertz CT molecular complexity index is 1490. The quantitative estimate of drug-likeness (QED) is 0.140. The molecular formula is C42H61N3O8. The van der Waals surface area contributed by atoms with Crippen LogP contribution in [0.15, 0.2) is 54.6 Å². The summed E-state index contributed by atoms with van der Waals surface area (Å²) in [5.41, 5.74) is 3.56. The van der Waals surface area contributed by atoms with E-state index < -0.39 is 5.60 Å². The summed E-state index contributed by atoms with van der Waals surface area (Å²) in [5.74, 6) is 0.549. The van der Waals surface area contributed by atoms with Gasteiger partial charge in [0.05, 0.1) is 50.8 Å². The second-order valence-electron chi connectivity index (χ2n) is 15.3. The third-order valence-electron chi connectivity index (χ3n) is 9.91. The number of piperidine rings is 1. The van der Waals surface area contributed by atoms with Crippen LogP contribution in [0, 0.1) is 5.92 Å². The van der Waals surface area contributed by atoms with Crippen molar-refractivity contribution in [3.05, 3.63) is 71.3 Å². The molecule has 53 heavy (non-hydrogen) atoms. The van der Waals surface area contributed by atoms with E-state index in [-0.39, 0.29) is 36.0 Å². The van der Waals surface area contributed by atoms with Crippen molar-refractivity contribution in [3.8, 4) is 5.75 Å². The molecule has 2 aromatic carbocycles. The van der Waals surface area contributed by atoms with Crippen molar-refractivity contribution in [1.29, 1.82) is 0 Å². The molecule has 0 aromatic heterocycles. The zero-order valence-corrected chi connectivity index (χ0v) is 32.7. The third kappa shape index (κ3) is 11.9. The molecule has 2 saturated heterocycles. The van der Waals surface area contributed by atoms with Crippen LogP contribution in [0.1, 0.15) is 76.5 Å². The molecule has 0 radical (unpaired) electrons. The Labute approximate surface area is 316 Å². The fourth-order valence-electron chi connectivity index (χ4n) is 7.33. The molecule has 11 nitrogen and oxygen atoms in total. The van der Waals surface area contributed by atoms with Gasteiger partial charge in [-0.15, -0.1) is 0 Å².